The van der Waals surface area contributed by atoms with Gasteiger partial charge in [-0.25, -0.2) is 0 Å². The maximum absolute atomic E-state index is 12.1. The van der Waals surface area contributed by atoms with Crippen LogP contribution in [0.5, 0.6) is 0 Å². The topological polar surface area (TPSA) is 58.4 Å². The molecule has 1 fully saturated rings. The summed E-state index contributed by atoms with van der Waals surface area (Å²) in [4.78, 5) is 14.3. The molecule has 1 aliphatic rings. The van der Waals surface area contributed by atoms with Crippen LogP contribution in [0.15, 0.2) is 30.3 Å². The Balaban J connectivity index is 1.80. The Morgan fingerprint density at radius 2 is 2.10 bits per heavy atom. The monoisotopic (exact) mass is 275 g/mol. The lowest BCUT2D eigenvalue weighted by molar-refractivity contribution is -0.124. The maximum Gasteiger partial charge on any atom is 0.223 e. The molecule has 3 unspecified atom stereocenters. The van der Waals surface area contributed by atoms with Crippen molar-refractivity contribution in [2.75, 3.05) is 18.5 Å². The zero-order valence-electron chi connectivity index (χ0n) is 12.4. The number of amides is 1. The maximum atomic E-state index is 12.1. The predicted molar refractivity (Wildman–Crippen MR) is 82.6 cm³/mol. The first-order valence-corrected chi connectivity index (χ1v) is 7.39. The molecule has 3 atom stereocenters. The zero-order valence-corrected chi connectivity index (χ0v) is 12.4. The minimum absolute atomic E-state index is 0.110. The van der Waals surface area contributed by atoms with Crippen LogP contribution in [0.4, 0.5) is 5.69 Å². The number of benzene rings is 1. The fourth-order valence-electron chi connectivity index (χ4n) is 2.70. The Hall–Kier alpha value is -1.55. The van der Waals surface area contributed by atoms with Crippen molar-refractivity contribution in [3.05, 3.63) is 30.3 Å². The van der Waals surface area contributed by atoms with Crippen LogP contribution in [0.25, 0.3) is 0 Å². The molecule has 0 bridgehead atoms. The highest BCUT2D eigenvalue weighted by molar-refractivity contribution is 5.79. The Morgan fingerprint density at radius 3 is 2.70 bits per heavy atom. The third-order valence-electron chi connectivity index (χ3n) is 4.24. The molecule has 20 heavy (non-hydrogen) atoms. The largest absolute Gasteiger partial charge is 0.370 e. The molecule has 4 heteroatoms. The van der Waals surface area contributed by atoms with E-state index >= 15 is 0 Å². The highest BCUT2D eigenvalue weighted by Gasteiger charge is 2.27. The van der Waals surface area contributed by atoms with E-state index in [2.05, 4.69) is 36.3 Å². The van der Waals surface area contributed by atoms with Crippen LogP contribution in [-0.4, -0.2) is 31.6 Å². The number of nitrogens with zero attached hydrogens (tertiary/aromatic N) is 1. The van der Waals surface area contributed by atoms with Crippen molar-refractivity contribution in [2.24, 2.45) is 11.7 Å². The van der Waals surface area contributed by atoms with Crippen LogP contribution < -0.4 is 16.0 Å². The molecular formula is C16H25N3O. The number of para-hydroxylation sites is 1. The highest BCUT2D eigenvalue weighted by atomic mass is 16.1. The molecule has 0 aromatic heterocycles. The van der Waals surface area contributed by atoms with E-state index in [0.717, 1.165) is 24.9 Å². The molecule has 4 nitrogen and oxygen atoms in total. The average molecular weight is 275 g/mol. The highest BCUT2D eigenvalue weighted by Crippen LogP contribution is 2.24. The smallest absolute Gasteiger partial charge is 0.223 e. The quantitative estimate of drug-likeness (QED) is 0.861. The standard InChI is InChI=1S/C16H25N3O/c1-12(19(2)15-6-4-3-5-7-15)11-18-16(20)13-8-9-14(17)10-13/h3-7,12-14H,8-11,17H2,1-2H3,(H,18,20). The number of nitrogens with two attached hydrogens (primary N) is 1. The van der Waals surface area contributed by atoms with E-state index in [1.165, 1.54) is 0 Å². The molecule has 0 spiro atoms. The predicted octanol–water partition coefficient (Wildman–Crippen LogP) is 1.75. The van der Waals surface area contributed by atoms with Gasteiger partial charge >= 0.3 is 0 Å². The van der Waals surface area contributed by atoms with E-state index in [1.807, 2.05) is 18.2 Å². The van der Waals surface area contributed by atoms with E-state index in [1.54, 1.807) is 0 Å². The molecule has 110 valence electrons. The summed E-state index contributed by atoms with van der Waals surface area (Å²) in [6.07, 6.45) is 2.72. The molecule has 1 aliphatic carbocycles. The van der Waals surface area contributed by atoms with E-state index in [9.17, 15) is 4.79 Å². The Morgan fingerprint density at radius 1 is 1.40 bits per heavy atom. The van der Waals surface area contributed by atoms with Gasteiger partial charge in [0.1, 0.15) is 0 Å². The first-order chi connectivity index (χ1) is 9.58. The summed E-state index contributed by atoms with van der Waals surface area (Å²) in [5, 5.41) is 3.06. The normalized spacial score (nSPS) is 23.4. The number of rotatable bonds is 5. The van der Waals surface area contributed by atoms with Gasteiger partial charge < -0.3 is 16.0 Å². The van der Waals surface area contributed by atoms with Gasteiger partial charge in [0.2, 0.25) is 5.91 Å². The molecule has 1 aromatic carbocycles. The van der Waals surface area contributed by atoms with E-state index in [4.69, 9.17) is 5.73 Å². The Labute approximate surface area is 121 Å². The number of likely N-dealkylation sites (N-methyl/N-ethyl adjacent to an activating group) is 1. The number of hydrogen-bond donors (Lipinski definition) is 2. The molecule has 1 amide bonds. The molecule has 0 saturated heterocycles. The number of nitrogens with one attached hydrogen (secondary N) is 1. The third-order valence-corrected chi connectivity index (χ3v) is 4.24. The summed E-state index contributed by atoms with van der Waals surface area (Å²) in [5.41, 5.74) is 7.02. The fourth-order valence-corrected chi connectivity index (χ4v) is 2.70. The summed E-state index contributed by atoms with van der Waals surface area (Å²) in [5.74, 6) is 0.269. The number of carbonyl (C=O) groups is 1. The van der Waals surface area contributed by atoms with Crippen LogP contribution in [-0.2, 0) is 4.79 Å². The second-order valence-electron chi connectivity index (χ2n) is 5.81. The van der Waals surface area contributed by atoms with Crippen LogP contribution in [0.2, 0.25) is 0 Å². The van der Waals surface area contributed by atoms with Gasteiger partial charge in [0.25, 0.3) is 0 Å². The molecule has 1 aromatic rings. The summed E-state index contributed by atoms with van der Waals surface area (Å²) < 4.78 is 0. The van der Waals surface area contributed by atoms with Gasteiger partial charge in [0.05, 0.1) is 0 Å². The van der Waals surface area contributed by atoms with E-state index in [0.29, 0.717) is 6.54 Å². The molecule has 1 saturated carbocycles. The SMILES string of the molecule is CC(CNC(=O)C1CCC(N)C1)N(C)c1ccccc1. The summed E-state index contributed by atoms with van der Waals surface area (Å²) in [6.45, 7) is 2.78. The summed E-state index contributed by atoms with van der Waals surface area (Å²) in [7, 11) is 2.05. The summed E-state index contributed by atoms with van der Waals surface area (Å²) in [6, 6.07) is 10.7. The fraction of sp³-hybridized carbons (Fsp3) is 0.562. The van der Waals surface area contributed by atoms with Crippen molar-refractivity contribution >= 4 is 11.6 Å². The average Bonchev–Trinajstić information content (AvgIpc) is 2.91. The van der Waals surface area contributed by atoms with Crippen LogP contribution in [0, 0.1) is 5.92 Å². The Bertz CT molecular complexity index is 435. The zero-order chi connectivity index (χ0) is 14.5. The van der Waals surface area contributed by atoms with Gasteiger partial charge in [-0.3, -0.25) is 4.79 Å². The van der Waals surface area contributed by atoms with Gasteiger partial charge in [-0.15, -0.1) is 0 Å². The number of hydrogen-bond acceptors (Lipinski definition) is 3. The van der Waals surface area contributed by atoms with Gasteiger partial charge in [0.15, 0.2) is 0 Å². The Kier molecular flexibility index (Phi) is 5.01. The van der Waals surface area contributed by atoms with Crippen molar-refractivity contribution < 1.29 is 4.79 Å². The van der Waals surface area contributed by atoms with Crippen LogP contribution in [0.1, 0.15) is 26.2 Å². The van der Waals surface area contributed by atoms with Gasteiger partial charge in [-0.05, 0) is 38.3 Å². The summed E-state index contributed by atoms with van der Waals surface area (Å²) >= 11 is 0. The van der Waals surface area contributed by atoms with E-state index in [-0.39, 0.29) is 23.9 Å². The molecule has 0 radical (unpaired) electrons. The minimum atomic E-state index is 0.110. The first-order valence-electron chi connectivity index (χ1n) is 7.39. The van der Waals surface area contributed by atoms with Gasteiger partial charge in [0, 0.05) is 37.3 Å². The molecule has 0 aliphatic heterocycles. The molecule has 3 N–H and O–H groups in total. The second kappa shape index (κ2) is 6.75. The number of anilines is 1. The van der Waals surface area contributed by atoms with Crippen molar-refractivity contribution in [1.82, 2.24) is 5.32 Å². The molecule has 0 heterocycles. The van der Waals surface area contributed by atoms with E-state index < -0.39 is 0 Å². The molecule has 2 rings (SSSR count). The third kappa shape index (κ3) is 3.73. The number of carbonyl (C=O) groups excluding carboxylic acids is 1. The minimum Gasteiger partial charge on any atom is -0.370 e. The lowest BCUT2D eigenvalue weighted by atomic mass is 10.1. The molecular weight excluding hydrogens is 250 g/mol. The first kappa shape index (κ1) is 14.9. The van der Waals surface area contributed by atoms with Crippen LogP contribution in [0.3, 0.4) is 0 Å². The second-order valence-corrected chi connectivity index (χ2v) is 5.81. The van der Waals surface area contributed by atoms with Gasteiger partial charge in [-0.1, -0.05) is 18.2 Å². The van der Waals surface area contributed by atoms with Crippen molar-refractivity contribution in [2.45, 2.75) is 38.3 Å². The van der Waals surface area contributed by atoms with Crippen molar-refractivity contribution in [3.63, 3.8) is 0 Å². The lowest BCUT2D eigenvalue weighted by Crippen LogP contribution is -2.42. The van der Waals surface area contributed by atoms with Crippen molar-refractivity contribution in [1.29, 1.82) is 0 Å². The van der Waals surface area contributed by atoms with Crippen LogP contribution >= 0.6 is 0 Å². The van der Waals surface area contributed by atoms with Gasteiger partial charge in [-0.2, -0.15) is 0 Å². The lowest BCUT2D eigenvalue weighted by Gasteiger charge is -2.27. The van der Waals surface area contributed by atoms with Crippen molar-refractivity contribution in [3.8, 4) is 0 Å².